The number of nitrogens with zero attached hydrogens (tertiary/aromatic N) is 1. The van der Waals surface area contributed by atoms with Gasteiger partial charge in [0.05, 0.1) is 6.61 Å². The Morgan fingerprint density at radius 2 is 2.06 bits per heavy atom. The third-order valence-electron chi connectivity index (χ3n) is 3.32. The molecule has 2 N–H and O–H groups in total. The van der Waals surface area contributed by atoms with E-state index >= 15 is 0 Å². The van der Waals surface area contributed by atoms with E-state index in [9.17, 15) is 9.90 Å². The zero-order valence-electron chi connectivity index (χ0n) is 11.7. The van der Waals surface area contributed by atoms with Crippen molar-refractivity contribution in [2.45, 2.75) is 39.7 Å². The van der Waals surface area contributed by atoms with Gasteiger partial charge in [0, 0.05) is 37.7 Å². The summed E-state index contributed by atoms with van der Waals surface area (Å²) >= 11 is 0. The molecule has 0 atom stereocenters. The largest absolute Gasteiger partial charge is 0.450 e. The van der Waals surface area contributed by atoms with Crippen molar-refractivity contribution in [2.75, 3.05) is 32.8 Å². The molecule has 5 nitrogen and oxygen atoms in total. The fraction of sp³-hybridized carbons (Fsp3) is 0.923. The Hall–Kier alpha value is -0.810. The molecule has 1 fully saturated rings. The Labute approximate surface area is 109 Å². The van der Waals surface area contributed by atoms with Gasteiger partial charge in [0.1, 0.15) is 0 Å². The lowest BCUT2D eigenvalue weighted by Gasteiger charge is -2.33. The molecule has 0 aromatic carbocycles. The number of piperidine rings is 1. The Balaban J connectivity index is 2.25. The van der Waals surface area contributed by atoms with E-state index in [-0.39, 0.29) is 18.1 Å². The van der Waals surface area contributed by atoms with E-state index in [0.29, 0.717) is 12.6 Å². The highest BCUT2D eigenvalue weighted by Gasteiger charge is 2.25. The van der Waals surface area contributed by atoms with Crippen molar-refractivity contribution < 1.29 is 14.6 Å². The number of carbonyl (C=O) groups excluding carboxylic acids is 1. The molecule has 0 aliphatic carbocycles. The first-order valence-corrected chi connectivity index (χ1v) is 6.74. The van der Waals surface area contributed by atoms with Crippen molar-refractivity contribution in [1.82, 2.24) is 10.2 Å². The molecule has 0 saturated carbocycles. The van der Waals surface area contributed by atoms with Gasteiger partial charge in [-0.3, -0.25) is 0 Å². The summed E-state index contributed by atoms with van der Waals surface area (Å²) in [6.45, 7) is 8.80. The second kappa shape index (κ2) is 6.95. The Kier molecular flexibility index (Phi) is 5.88. The van der Waals surface area contributed by atoms with Crippen molar-refractivity contribution in [1.29, 1.82) is 0 Å². The molecule has 0 unspecified atom stereocenters. The third-order valence-corrected chi connectivity index (χ3v) is 3.32. The summed E-state index contributed by atoms with van der Waals surface area (Å²) in [6.07, 6.45) is 1.69. The van der Waals surface area contributed by atoms with Crippen LogP contribution in [0.4, 0.5) is 4.79 Å². The molecule has 0 aromatic heterocycles. The second-order valence-corrected chi connectivity index (χ2v) is 5.66. The van der Waals surface area contributed by atoms with Gasteiger partial charge in [-0.2, -0.15) is 0 Å². The van der Waals surface area contributed by atoms with Crippen LogP contribution < -0.4 is 5.32 Å². The number of hydrogen-bond donors (Lipinski definition) is 2. The predicted molar refractivity (Wildman–Crippen MR) is 70.5 cm³/mol. The van der Waals surface area contributed by atoms with Crippen LogP contribution in [0.3, 0.4) is 0 Å². The molecule has 0 radical (unpaired) electrons. The van der Waals surface area contributed by atoms with E-state index in [1.165, 1.54) is 0 Å². The maximum Gasteiger partial charge on any atom is 0.409 e. The summed E-state index contributed by atoms with van der Waals surface area (Å²) in [4.78, 5) is 13.3. The zero-order valence-corrected chi connectivity index (χ0v) is 11.7. The predicted octanol–water partition coefficient (Wildman–Crippen LogP) is 1.22. The topological polar surface area (TPSA) is 61.8 Å². The van der Waals surface area contributed by atoms with Crippen LogP contribution in [0, 0.1) is 5.41 Å². The van der Waals surface area contributed by atoms with Crippen LogP contribution >= 0.6 is 0 Å². The van der Waals surface area contributed by atoms with Crippen molar-refractivity contribution in [3.8, 4) is 0 Å². The molecule has 5 heteroatoms. The van der Waals surface area contributed by atoms with Gasteiger partial charge in [0.15, 0.2) is 0 Å². The Bertz CT molecular complexity index is 261. The van der Waals surface area contributed by atoms with E-state index in [1.54, 1.807) is 4.90 Å². The van der Waals surface area contributed by atoms with Crippen LogP contribution in [-0.2, 0) is 4.74 Å². The minimum atomic E-state index is -0.202. The van der Waals surface area contributed by atoms with Gasteiger partial charge in [0.2, 0.25) is 0 Å². The van der Waals surface area contributed by atoms with E-state index in [2.05, 4.69) is 5.32 Å². The molecule has 1 rings (SSSR count). The summed E-state index contributed by atoms with van der Waals surface area (Å²) < 4.78 is 4.98. The normalized spacial score (nSPS) is 17.9. The minimum Gasteiger partial charge on any atom is -0.450 e. The van der Waals surface area contributed by atoms with Crippen LogP contribution in [0.15, 0.2) is 0 Å². The maximum absolute atomic E-state index is 11.5. The van der Waals surface area contributed by atoms with E-state index in [1.807, 2.05) is 20.8 Å². The number of aliphatic hydroxyl groups excluding tert-OH is 1. The molecule has 0 spiro atoms. The van der Waals surface area contributed by atoms with Gasteiger partial charge >= 0.3 is 6.09 Å². The summed E-state index contributed by atoms with van der Waals surface area (Å²) in [5, 5.41) is 12.7. The number of rotatable bonds is 5. The first kappa shape index (κ1) is 15.2. The number of likely N-dealkylation sites (tertiary alicyclic amines) is 1. The summed E-state index contributed by atoms with van der Waals surface area (Å²) in [5.74, 6) is 0. The number of amides is 1. The highest BCUT2D eigenvalue weighted by atomic mass is 16.6. The number of aliphatic hydroxyl groups is 1. The molecule has 0 aromatic rings. The average molecular weight is 258 g/mol. The van der Waals surface area contributed by atoms with Crippen LogP contribution in [0.5, 0.6) is 0 Å². The molecule has 18 heavy (non-hydrogen) atoms. The molecule has 1 heterocycles. The Morgan fingerprint density at radius 1 is 1.44 bits per heavy atom. The van der Waals surface area contributed by atoms with Gasteiger partial charge in [-0.05, 0) is 19.8 Å². The summed E-state index contributed by atoms with van der Waals surface area (Å²) in [6, 6.07) is 0.432. The highest BCUT2D eigenvalue weighted by Crippen LogP contribution is 2.15. The van der Waals surface area contributed by atoms with Gasteiger partial charge in [0.25, 0.3) is 0 Å². The van der Waals surface area contributed by atoms with E-state index in [4.69, 9.17) is 4.74 Å². The molecule has 1 saturated heterocycles. The molecule has 106 valence electrons. The molecule has 0 bridgehead atoms. The smallest absolute Gasteiger partial charge is 0.409 e. The second-order valence-electron chi connectivity index (χ2n) is 5.66. The lowest BCUT2D eigenvalue weighted by molar-refractivity contribution is 0.0924. The number of nitrogens with one attached hydrogen (secondary N) is 1. The average Bonchev–Trinajstić information content (AvgIpc) is 2.37. The SMILES string of the molecule is CCOC(=O)N1CCC(NCC(C)(C)CO)CC1. The summed E-state index contributed by atoms with van der Waals surface area (Å²) in [7, 11) is 0. The lowest BCUT2D eigenvalue weighted by atomic mass is 9.93. The fourth-order valence-corrected chi connectivity index (χ4v) is 1.96. The molecule has 1 amide bonds. The van der Waals surface area contributed by atoms with Gasteiger partial charge in [-0.15, -0.1) is 0 Å². The Morgan fingerprint density at radius 3 is 2.56 bits per heavy atom. The zero-order chi connectivity index (χ0) is 13.6. The van der Waals surface area contributed by atoms with Crippen LogP contribution in [-0.4, -0.2) is 55.0 Å². The van der Waals surface area contributed by atoms with Crippen molar-refractivity contribution >= 4 is 6.09 Å². The standard InChI is InChI=1S/C13H26N2O3/c1-4-18-12(17)15-7-5-11(6-8-15)14-9-13(2,3)10-16/h11,14,16H,4-10H2,1-3H3. The number of ether oxygens (including phenoxy) is 1. The van der Waals surface area contributed by atoms with Crippen molar-refractivity contribution in [3.05, 3.63) is 0 Å². The number of carbonyl (C=O) groups is 1. The van der Waals surface area contributed by atoms with Crippen LogP contribution in [0.2, 0.25) is 0 Å². The monoisotopic (exact) mass is 258 g/mol. The first-order chi connectivity index (χ1) is 8.48. The maximum atomic E-state index is 11.5. The lowest BCUT2D eigenvalue weighted by Crippen LogP contribution is -2.47. The minimum absolute atomic E-state index is 0.0850. The third kappa shape index (κ3) is 4.82. The van der Waals surface area contributed by atoms with Crippen molar-refractivity contribution in [3.63, 3.8) is 0 Å². The first-order valence-electron chi connectivity index (χ1n) is 6.74. The van der Waals surface area contributed by atoms with Gasteiger partial charge in [-0.1, -0.05) is 13.8 Å². The molecule has 1 aliphatic heterocycles. The molecular formula is C13H26N2O3. The summed E-state index contributed by atoms with van der Waals surface area (Å²) in [5.41, 5.74) is -0.0850. The van der Waals surface area contributed by atoms with Gasteiger partial charge in [-0.25, -0.2) is 4.79 Å². The molecule has 1 aliphatic rings. The quantitative estimate of drug-likeness (QED) is 0.778. The molecular weight excluding hydrogens is 232 g/mol. The van der Waals surface area contributed by atoms with Crippen molar-refractivity contribution in [2.24, 2.45) is 5.41 Å². The van der Waals surface area contributed by atoms with E-state index < -0.39 is 0 Å². The van der Waals surface area contributed by atoms with Crippen LogP contribution in [0.1, 0.15) is 33.6 Å². The number of hydrogen-bond acceptors (Lipinski definition) is 4. The highest BCUT2D eigenvalue weighted by molar-refractivity contribution is 5.67. The fourth-order valence-electron chi connectivity index (χ4n) is 1.96. The van der Waals surface area contributed by atoms with E-state index in [0.717, 1.165) is 32.5 Å². The van der Waals surface area contributed by atoms with Crippen LogP contribution in [0.25, 0.3) is 0 Å². The van der Waals surface area contributed by atoms with Gasteiger partial charge < -0.3 is 20.1 Å².